The summed E-state index contributed by atoms with van der Waals surface area (Å²) in [7, 11) is 1.98. The Morgan fingerprint density at radius 3 is 2.63 bits per heavy atom. The van der Waals surface area contributed by atoms with Crippen LogP contribution in [0, 0.1) is 11.7 Å². The van der Waals surface area contributed by atoms with Crippen LogP contribution in [0.25, 0.3) is 0 Å². The molecule has 1 amide bonds. The van der Waals surface area contributed by atoms with Gasteiger partial charge in [-0.25, -0.2) is 4.39 Å². The van der Waals surface area contributed by atoms with Crippen LogP contribution in [0.5, 0.6) is 0 Å². The Balaban J connectivity index is 1.81. The second kappa shape index (κ2) is 8.94. The van der Waals surface area contributed by atoms with Crippen LogP contribution >= 0.6 is 11.6 Å². The molecule has 2 aromatic rings. The van der Waals surface area contributed by atoms with E-state index >= 15 is 0 Å². The summed E-state index contributed by atoms with van der Waals surface area (Å²) >= 11 is 5.84. The molecule has 1 heterocycles. The van der Waals surface area contributed by atoms with Crippen molar-refractivity contribution >= 4 is 17.5 Å². The molecule has 8 heteroatoms. The fourth-order valence-electron chi connectivity index (χ4n) is 4.00. The lowest BCUT2D eigenvalue weighted by Gasteiger charge is -2.37. The molecule has 0 bridgehead atoms. The SMILES string of the molecule is CC1CCC(c2cc(F)ccc2CNC(=O)c2cccc(C(F)(F)F)c2Cl)N(C)C1. The Labute approximate surface area is 178 Å². The van der Waals surface area contributed by atoms with Crippen LogP contribution in [0.15, 0.2) is 36.4 Å². The number of nitrogens with zero attached hydrogens (tertiary/aromatic N) is 1. The molecule has 0 aromatic heterocycles. The molecule has 3 rings (SSSR count). The van der Waals surface area contributed by atoms with Crippen molar-refractivity contribution in [3.05, 3.63) is 69.5 Å². The molecule has 1 aliphatic heterocycles. The number of rotatable bonds is 4. The van der Waals surface area contributed by atoms with Gasteiger partial charge in [0.25, 0.3) is 5.91 Å². The zero-order valence-electron chi connectivity index (χ0n) is 16.7. The summed E-state index contributed by atoms with van der Waals surface area (Å²) in [5, 5.41) is 1.99. The fourth-order valence-corrected chi connectivity index (χ4v) is 4.32. The summed E-state index contributed by atoms with van der Waals surface area (Å²) in [6.45, 7) is 3.10. The number of carbonyl (C=O) groups excluding carboxylic acids is 1. The van der Waals surface area contributed by atoms with E-state index in [1.807, 2.05) is 7.05 Å². The summed E-state index contributed by atoms with van der Waals surface area (Å²) in [6.07, 6.45) is -2.78. The standard InChI is InChI=1S/C22H23ClF4N2O/c1-13-6-9-19(29(2)12-13)17-10-15(24)8-7-14(17)11-28-21(30)16-4-3-5-18(20(16)23)22(25,26)27/h3-5,7-8,10,13,19H,6,9,11-12H2,1-2H3,(H,28,30). The van der Waals surface area contributed by atoms with Gasteiger partial charge in [0.15, 0.2) is 0 Å². The molecular formula is C22H23ClF4N2O. The minimum absolute atomic E-state index is 0.0148. The van der Waals surface area contributed by atoms with Crippen LogP contribution in [0.3, 0.4) is 0 Å². The zero-order valence-corrected chi connectivity index (χ0v) is 17.4. The van der Waals surface area contributed by atoms with E-state index in [1.54, 1.807) is 6.07 Å². The lowest BCUT2D eigenvalue weighted by Crippen LogP contribution is -2.35. The normalized spacial score (nSPS) is 20.2. The molecule has 0 saturated carbocycles. The molecule has 30 heavy (non-hydrogen) atoms. The predicted molar refractivity (Wildman–Crippen MR) is 108 cm³/mol. The van der Waals surface area contributed by atoms with Crippen molar-refractivity contribution in [1.29, 1.82) is 0 Å². The number of alkyl halides is 3. The smallest absolute Gasteiger partial charge is 0.348 e. The second-order valence-corrected chi connectivity index (χ2v) is 8.21. The van der Waals surface area contributed by atoms with E-state index in [-0.39, 0.29) is 24.0 Å². The van der Waals surface area contributed by atoms with E-state index in [2.05, 4.69) is 17.1 Å². The van der Waals surface area contributed by atoms with Crippen molar-refractivity contribution < 1.29 is 22.4 Å². The van der Waals surface area contributed by atoms with Crippen LogP contribution in [0.4, 0.5) is 17.6 Å². The van der Waals surface area contributed by atoms with Crippen LogP contribution in [-0.2, 0) is 12.7 Å². The third kappa shape index (κ3) is 4.95. The number of carbonyl (C=O) groups is 1. The molecule has 1 N–H and O–H groups in total. The van der Waals surface area contributed by atoms with Gasteiger partial charge in [0.05, 0.1) is 16.1 Å². The number of nitrogens with one attached hydrogen (secondary N) is 1. The predicted octanol–water partition coefficient (Wildman–Crippen LogP) is 5.83. The Morgan fingerprint density at radius 2 is 1.97 bits per heavy atom. The molecular weight excluding hydrogens is 420 g/mol. The van der Waals surface area contributed by atoms with Gasteiger partial charge < -0.3 is 5.32 Å². The molecule has 3 nitrogen and oxygen atoms in total. The van der Waals surface area contributed by atoms with Crippen molar-refractivity contribution in [2.24, 2.45) is 5.92 Å². The van der Waals surface area contributed by atoms with Crippen molar-refractivity contribution in [3.63, 3.8) is 0 Å². The number of hydrogen-bond acceptors (Lipinski definition) is 2. The first kappa shape index (κ1) is 22.6. The average Bonchev–Trinajstić information content (AvgIpc) is 2.66. The average molecular weight is 443 g/mol. The molecule has 2 unspecified atom stereocenters. The van der Waals surface area contributed by atoms with Crippen molar-refractivity contribution in [1.82, 2.24) is 10.2 Å². The van der Waals surface area contributed by atoms with E-state index in [4.69, 9.17) is 11.6 Å². The number of halogens is 5. The molecule has 2 atom stereocenters. The first-order valence-corrected chi connectivity index (χ1v) is 10.1. The molecule has 0 aliphatic carbocycles. The summed E-state index contributed by atoms with van der Waals surface area (Å²) in [5.74, 6) is -0.536. The third-order valence-corrected chi connectivity index (χ3v) is 5.93. The van der Waals surface area contributed by atoms with Gasteiger partial charge in [-0.2, -0.15) is 13.2 Å². The van der Waals surface area contributed by atoms with Gasteiger partial charge in [-0.3, -0.25) is 9.69 Å². The third-order valence-electron chi connectivity index (χ3n) is 5.52. The maximum Gasteiger partial charge on any atom is 0.417 e. The van der Waals surface area contributed by atoms with E-state index in [1.165, 1.54) is 18.2 Å². The van der Waals surface area contributed by atoms with Gasteiger partial charge >= 0.3 is 6.18 Å². The van der Waals surface area contributed by atoms with Gasteiger partial charge in [-0.05, 0) is 61.2 Å². The monoisotopic (exact) mass is 442 g/mol. The van der Waals surface area contributed by atoms with E-state index in [0.717, 1.165) is 42.6 Å². The summed E-state index contributed by atoms with van der Waals surface area (Å²) in [6, 6.07) is 7.62. The largest absolute Gasteiger partial charge is 0.417 e. The van der Waals surface area contributed by atoms with Gasteiger partial charge in [0.2, 0.25) is 0 Å². The van der Waals surface area contributed by atoms with Gasteiger partial charge in [-0.15, -0.1) is 0 Å². The second-order valence-electron chi connectivity index (χ2n) is 7.83. The van der Waals surface area contributed by atoms with E-state index < -0.39 is 22.7 Å². The molecule has 1 fully saturated rings. The number of piperidine rings is 1. The van der Waals surface area contributed by atoms with Crippen molar-refractivity contribution in [2.75, 3.05) is 13.6 Å². The minimum atomic E-state index is -4.65. The Bertz CT molecular complexity index is 932. The lowest BCUT2D eigenvalue weighted by atomic mass is 9.88. The van der Waals surface area contributed by atoms with Crippen LogP contribution in [0.2, 0.25) is 5.02 Å². The van der Waals surface area contributed by atoms with Gasteiger partial charge in [0, 0.05) is 19.1 Å². The number of amides is 1. The molecule has 2 aromatic carbocycles. The maximum absolute atomic E-state index is 13.9. The first-order valence-electron chi connectivity index (χ1n) is 9.70. The van der Waals surface area contributed by atoms with Crippen molar-refractivity contribution in [3.8, 4) is 0 Å². The fraction of sp³-hybridized carbons (Fsp3) is 0.409. The van der Waals surface area contributed by atoms with Crippen molar-refractivity contribution in [2.45, 2.75) is 38.5 Å². The first-order chi connectivity index (χ1) is 14.1. The highest BCUT2D eigenvalue weighted by atomic mass is 35.5. The Kier molecular flexibility index (Phi) is 6.72. The summed E-state index contributed by atoms with van der Waals surface area (Å²) < 4.78 is 53.1. The molecule has 0 radical (unpaired) electrons. The van der Waals surface area contributed by atoms with E-state index in [0.29, 0.717) is 5.92 Å². The lowest BCUT2D eigenvalue weighted by molar-refractivity contribution is -0.137. The zero-order chi connectivity index (χ0) is 22.1. The maximum atomic E-state index is 13.9. The highest BCUT2D eigenvalue weighted by Gasteiger charge is 2.34. The molecule has 0 spiro atoms. The van der Waals surface area contributed by atoms with Crippen LogP contribution in [0.1, 0.15) is 52.9 Å². The summed E-state index contributed by atoms with van der Waals surface area (Å²) in [5.41, 5.74) is 0.190. The van der Waals surface area contributed by atoms with Gasteiger partial charge in [0.1, 0.15) is 5.82 Å². The van der Waals surface area contributed by atoms with E-state index in [9.17, 15) is 22.4 Å². The highest BCUT2D eigenvalue weighted by Crippen LogP contribution is 2.37. The van der Waals surface area contributed by atoms with Crippen LogP contribution in [-0.4, -0.2) is 24.4 Å². The molecule has 1 saturated heterocycles. The highest BCUT2D eigenvalue weighted by molar-refractivity contribution is 6.34. The Hall–Kier alpha value is -2.12. The molecule has 162 valence electrons. The molecule has 1 aliphatic rings. The van der Waals surface area contributed by atoms with Crippen LogP contribution < -0.4 is 5.32 Å². The van der Waals surface area contributed by atoms with Gasteiger partial charge in [-0.1, -0.05) is 30.7 Å². The number of likely N-dealkylation sites (tertiary alicyclic amines) is 1. The summed E-state index contributed by atoms with van der Waals surface area (Å²) in [4.78, 5) is 14.7. The minimum Gasteiger partial charge on any atom is -0.348 e. The topological polar surface area (TPSA) is 32.3 Å². The number of benzene rings is 2. The Morgan fingerprint density at radius 1 is 1.23 bits per heavy atom. The number of hydrogen-bond donors (Lipinski definition) is 1. The quantitative estimate of drug-likeness (QED) is 0.604.